The Balaban J connectivity index is 1.66. The number of hydrogen-bond donors (Lipinski definition) is 1. The normalized spacial score (nSPS) is 11.8. The van der Waals surface area contributed by atoms with Crippen molar-refractivity contribution in [3.05, 3.63) is 65.5 Å². The molecule has 1 N–H and O–H groups in total. The molecule has 0 saturated heterocycles. The Labute approximate surface area is 149 Å². The van der Waals surface area contributed by atoms with Crippen LogP contribution >= 0.6 is 0 Å². The average molecular weight is 363 g/mol. The van der Waals surface area contributed by atoms with Crippen LogP contribution in [0.1, 0.15) is 28.8 Å². The minimum Gasteiger partial charge on any atom is -0.494 e. The molecule has 2 aromatic rings. The number of hydrogen-bond acceptors (Lipinski definition) is 3. The van der Waals surface area contributed by atoms with Gasteiger partial charge in [0.1, 0.15) is 11.6 Å². The fourth-order valence-electron chi connectivity index (χ4n) is 2.29. The molecule has 2 aromatic carbocycles. The van der Waals surface area contributed by atoms with Crippen LogP contribution in [0.4, 0.5) is 4.39 Å². The molecule has 0 fully saturated rings. The summed E-state index contributed by atoms with van der Waals surface area (Å²) in [5, 5.41) is 2.87. The Kier molecular flexibility index (Phi) is 7.60. The molecule has 1 atom stereocenters. The molecular formula is C19H22FNO3S. The highest BCUT2D eigenvalue weighted by Gasteiger charge is 2.06. The molecule has 25 heavy (non-hydrogen) atoms. The predicted molar refractivity (Wildman–Crippen MR) is 97.7 cm³/mol. The minimum absolute atomic E-state index is 0.136. The summed E-state index contributed by atoms with van der Waals surface area (Å²) in [5.74, 6) is 0.657. The van der Waals surface area contributed by atoms with E-state index in [-0.39, 0.29) is 11.7 Å². The average Bonchev–Trinajstić information content (AvgIpc) is 2.59. The number of carbonyl (C=O) groups is 1. The van der Waals surface area contributed by atoms with Gasteiger partial charge in [-0.1, -0.05) is 12.1 Å². The summed E-state index contributed by atoms with van der Waals surface area (Å²) in [5.41, 5.74) is 1.46. The van der Waals surface area contributed by atoms with Gasteiger partial charge in [0.05, 0.1) is 6.61 Å². The summed E-state index contributed by atoms with van der Waals surface area (Å²) in [7, 11) is -0.931. The molecule has 0 radical (unpaired) electrons. The van der Waals surface area contributed by atoms with Crippen LogP contribution in [0, 0.1) is 5.82 Å². The number of carbonyl (C=O) groups excluding carboxylic acids is 1. The molecule has 1 amide bonds. The van der Waals surface area contributed by atoms with E-state index in [9.17, 15) is 13.4 Å². The number of benzene rings is 2. The van der Waals surface area contributed by atoms with E-state index in [4.69, 9.17) is 4.74 Å². The molecule has 0 heterocycles. The second-order valence-electron chi connectivity index (χ2n) is 5.68. The minimum atomic E-state index is -0.931. The van der Waals surface area contributed by atoms with Gasteiger partial charge in [-0.3, -0.25) is 9.00 Å². The summed E-state index contributed by atoms with van der Waals surface area (Å²) < 4.78 is 29.5. The maximum absolute atomic E-state index is 12.8. The van der Waals surface area contributed by atoms with Crippen LogP contribution in [0.5, 0.6) is 5.75 Å². The third kappa shape index (κ3) is 7.05. The third-order valence-electron chi connectivity index (χ3n) is 3.50. The van der Waals surface area contributed by atoms with E-state index >= 15 is 0 Å². The van der Waals surface area contributed by atoms with Gasteiger partial charge in [-0.2, -0.15) is 0 Å². The number of amides is 1. The van der Waals surface area contributed by atoms with E-state index in [1.807, 2.05) is 6.07 Å². The fraction of sp³-hybridized carbons (Fsp3) is 0.316. The highest BCUT2D eigenvalue weighted by molar-refractivity contribution is 7.83. The molecule has 0 aliphatic carbocycles. The van der Waals surface area contributed by atoms with Gasteiger partial charge >= 0.3 is 0 Å². The van der Waals surface area contributed by atoms with Crippen molar-refractivity contribution in [3.8, 4) is 5.75 Å². The van der Waals surface area contributed by atoms with E-state index in [0.29, 0.717) is 30.2 Å². The Morgan fingerprint density at radius 3 is 2.64 bits per heavy atom. The maximum Gasteiger partial charge on any atom is 0.251 e. The van der Waals surface area contributed by atoms with Gasteiger partial charge in [0.15, 0.2) is 0 Å². The van der Waals surface area contributed by atoms with Gasteiger partial charge in [-0.05, 0) is 54.8 Å². The third-order valence-corrected chi connectivity index (χ3v) is 4.24. The Bertz CT molecular complexity index is 719. The van der Waals surface area contributed by atoms with Crippen molar-refractivity contribution in [2.45, 2.75) is 18.6 Å². The highest BCUT2D eigenvalue weighted by atomic mass is 32.2. The topological polar surface area (TPSA) is 55.4 Å². The fourth-order valence-corrected chi connectivity index (χ4v) is 2.94. The lowest BCUT2D eigenvalue weighted by atomic mass is 10.1. The molecular weight excluding hydrogens is 341 g/mol. The molecule has 0 aliphatic heterocycles. The number of rotatable bonds is 9. The Morgan fingerprint density at radius 1 is 1.16 bits per heavy atom. The summed E-state index contributed by atoms with van der Waals surface area (Å²) in [4.78, 5) is 12.1. The summed E-state index contributed by atoms with van der Waals surface area (Å²) >= 11 is 0. The zero-order valence-electron chi connectivity index (χ0n) is 14.2. The van der Waals surface area contributed by atoms with Crippen LogP contribution in [0.3, 0.4) is 0 Å². The van der Waals surface area contributed by atoms with Crippen LogP contribution < -0.4 is 10.1 Å². The Morgan fingerprint density at radius 2 is 1.92 bits per heavy atom. The first-order chi connectivity index (χ1) is 12.0. The number of nitrogens with one attached hydrogen (secondary N) is 1. The molecule has 6 heteroatoms. The van der Waals surface area contributed by atoms with Crippen LogP contribution in [0.25, 0.3) is 0 Å². The quantitative estimate of drug-likeness (QED) is 0.696. The molecule has 0 bridgehead atoms. The summed E-state index contributed by atoms with van der Waals surface area (Å²) in [6, 6.07) is 13.1. The molecule has 0 aliphatic rings. The van der Waals surface area contributed by atoms with Gasteiger partial charge < -0.3 is 10.1 Å². The first kappa shape index (κ1) is 19.1. The Hall–Kier alpha value is -2.21. The smallest absolute Gasteiger partial charge is 0.251 e. The number of halogens is 1. The lowest BCUT2D eigenvalue weighted by Gasteiger charge is -2.08. The highest BCUT2D eigenvalue weighted by Crippen LogP contribution is 2.11. The molecule has 0 aromatic heterocycles. The standard InChI is InChI=1S/C19H22FNO3S/c1-25(23)14-15-5-4-6-16(13-15)19(22)21-11-2-3-12-24-18-9-7-17(20)8-10-18/h4-10,13H,2-3,11-12,14H2,1H3,(H,21,22). The number of unbranched alkanes of at least 4 members (excludes halogenated alkanes) is 1. The van der Waals surface area contributed by atoms with Crippen molar-refractivity contribution in [1.29, 1.82) is 0 Å². The lowest BCUT2D eigenvalue weighted by molar-refractivity contribution is 0.0952. The van der Waals surface area contributed by atoms with E-state index in [0.717, 1.165) is 18.4 Å². The predicted octanol–water partition coefficient (Wildman–Crippen LogP) is 3.29. The molecule has 0 saturated carbocycles. The van der Waals surface area contributed by atoms with Crippen LogP contribution in [-0.2, 0) is 16.6 Å². The largest absolute Gasteiger partial charge is 0.494 e. The first-order valence-corrected chi connectivity index (χ1v) is 9.83. The molecule has 4 nitrogen and oxygen atoms in total. The van der Waals surface area contributed by atoms with Crippen molar-refractivity contribution in [3.63, 3.8) is 0 Å². The molecule has 134 valence electrons. The lowest BCUT2D eigenvalue weighted by Crippen LogP contribution is -2.24. The zero-order valence-corrected chi connectivity index (χ0v) is 15.0. The monoisotopic (exact) mass is 363 g/mol. The number of ether oxygens (including phenoxy) is 1. The van der Waals surface area contributed by atoms with E-state index in [1.165, 1.54) is 12.1 Å². The van der Waals surface area contributed by atoms with Gasteiger partial charge in [0.2, 0.25) is 0 Å². The van der Waals surface area contributed by atoms with Crippen molar-refractivity contribution < 1.29 is 18.1 Å². The van der Waals surface area contributed by atoms with Crippen LogP contribution in [0.2, 0.25) is 0 Å². The maximum atomic E-state index is 12.8. The second-order valence-corrected chi connectivity index (χ2v) is 7.12. The van der Waals surface area contributed by atoms with Crippen molar-refractivity contribution in [2.75, 3.05) is 19.4 Å². The molecule has 1 unspecified atom stereocenters. The first-order valence-electron chi connectivity index (χ1n) is 8.10. The van der Waals surface area contributed by atoms with E-state index in [2.05, 4.69) is 5.32 Å². The van der Waals surface area contributed by atoms with Crippen LogP contribution in [0.15, 0.2) is 48.5 Å². The summed E-state index contributed by atoms with van der Waals surface area (Å²) in [6.07, 6.45) is 3.21. The zero-order chi connectivity index (χ0) is 18.1. The SMILES string of the molecule is CS(=O)Cc1cccc(C(=O)NCCCCOc2ccc(F)cc2)c1. The second kappa shape index (κ2) is 9.93. The molecule has 2 rings (SSSR count). The van der Waals surface area contributed by atoms with Crippen molar-refractivity contribution in [1.82, 2.24) is 5.32 Å². The van der Waals surface area contributed by atoms with E-state index in [1.54, 1.807) is 36.6 Å². The summed E-state index contributed by atoms with van der Waals surface area (Å²) in [6.45, 7) is 1.06. The van der Waals surface area contributed by atoms with Crippen LogP contribution in [-0.4, -0.2) is 29.5 Å². The van der Waals surface area contributed by atoms with Gasteiger partial charge in [-0.25, -0.2) is 4.39 Å². The van der Waals surface area contributed by atoms with E-state index < -0.39 is 10.8 Å². The van der Waals surface area contributed by atoms with Gasteiger partial charge in [0, 0.05) is 34.9 Å². The molecule has 0 spiro atoms. The van der Waals surface area contributed by atoms with Crippen molar-refractivity contribution >= 4 is 16.7 Å². The van der Waals surface area contributed by atoms with Crippen molar-refractivity contribution in [2.24, 2.45) is 0 Å². The van der Waals surface area contributed by atoms with Gasteiger partial charge in [-0.15, -0.1) is 0 Å². The van der Waals surface area contributed by atoms with Gasteiger partial charge in [0.25, 0.3) is 5.91 Å².